The van der Waals surface area contributed by atoms with Crippen LogP contribution in [0, 0.1) is 0 Å². The van der Waals surface area contributed by atoms with Crippen molar-refractivity contribution in [2.24, 2.45) is 0 Å². The zero-order valence-corrected chi connectivity index (χ0v) is 14.6. The molecule has 0 fully saturated rings. The molecule has 0 saturated carbocycles. The van der Waals surface area contributed by atoms with Gasteiger partial charge in [-0.1, -0.05) is 23.7 Å². The average Bonchev–Trinajstić information content (AvgIpc) is 3.00. The average molecular weight is 353 g/mol. The van der Waals surface area contributed by atoms with Gasteiger partial charge in [-0.15, -0.1) is 0 Å². The highest BCUT2D eigenvalue weighted by Gasteiger charge is 2.20. The number of rotatable bonds is 3. The first-order chi connectivity index (χ1) is 12.2. The SMILES string of the molecule is CCOc1ccc(C=C2CCn3c2nc2cc(Cl)ccc2c3=O)cc1. The Morgan fingerprint density at radius 1 is 1.24 bits per heavy atom. The van der Waals surface area contributed by atoms with Crippen LogP contribution in [0.1, 0.15) is 24.7 Å². The van der Waals surface area contributed by atoms with E-state index >= 15 is 0 Å². The smallest absolute Gasteiger partial charge is 0.261 e. The molecule has 25 heavy (non-hydrogen) atoms. The second kappa shape index (κ2) is 6.37. The van der Waals surface area contributed by atoms with Crippen molar-refractivity contribution in [2.45, 2.75) is 19.9 Å². The molecule has 5 heteroatoms. The minimum Gasteiger partial charge on any atom is -0.494 e. The maximum atomic E-state index is 12.7. The highest BCUT2D eigenvalue weighted by atomic mass is 35.5. The van der Waals surface area contributed by atoms with Gasteiger partial charge in [0.25, 0.3) is 5.56 Å². The third kappa shape index (κ3) is 2.94. The summed E-state index contributed by atoms with van der Waals surface area (Å²) in [5, 5.41) is 1.19. The normalized spacial score (nSPS) is 14.9. The van der Waals surface area contributed by atoms with Gasteiger partial charge in [-0.3, -0.25) is 9.36 Å². The molecule has 0 spiro atoms. The van der Waals surface area contributed by atoms with Crippen molar-refractivity contribution in [1.29, 1.82) is 0 Å². The number of ether oxygens (including phenoxy) is 1. The van der Waals surface area contributed by atoms with Crippen molar-refractivity contribution < 1.29 is 4.74 Å². The molecule has 0 radical (unpaired) electrons. The van der Waals surface area contributed by atoms with Crippen molar-refractivity contribution in [2.75, 3.05) is 6.61 Å². The van der Waals surface area contributed by atoms with E-state index in [1.165, 1.54) is 0 Å². The molecule has 4 rings (SSSR count). The maximum Gasteiger partial charge on any atom is 0.261 e. The molecule has 0 amide bonds. The Morgan fingerprint density at radius 3 is 2.80 bits per heavy atom. The number of hydrogen-bond acceptors (Lipinski definition) is 3. The van der Waals surface area contributed by atoms with E-state index in [1.807, 2.05) is 31.2 Å². The summed E-state index contributed by atoms with van der Waals surface area (Å²) in [5.41, 5.74) is 2.76. The molecule has 126 valence electrons. The van der Waals surface area contributed by atoms with Crippen molar-refractivity contribution in [1.82, 2.24) is 9.55 Å². The van der Waals surface area contributed by atoms with Crippen molar-refractivity contribution in [3.8, 4) is 5.75 Å². The lowest BCUT2D eigenvalue weighted by atomic mass is 10.1. The van der Waals surface area contributed by atoms with Gasteiger partial charge < -0.3 is 4.74 Å². The number of aromatic nitrogens is 2. The zero-order chi connectivity index (χ0) is 17.4. The number of fused-ring (bicyclic) bond motifs is 2. The molecular formula is C20H17ClN2O2. The Balaban J connectivity index is 1.78. The fourth-order valence-corrected chi connectivity index (χ4v) is 3.32. The van der Waals surface area contributed by atoms with Gasteiger partial charge in [0.1, 0.15) is 11.6 Å². The summed E-state index contributed by atoms with van der Waals surface area (Å²) in [6.45, 7) is 3.27. The Kier molecular flexibility index (Phi) is 4.06. The second-order valence-electron chi connectivity index (χ2n) is 5.98. The zero-order valence-electron chi connectivity index (χ0n) is 13.8. The van der Waals surface area contributed by atoms with E-state index in [1.54, 1.807) is 22.8 Å². The van der Waals surface area contributed by atoms with Crippen LogP contribution in [0.5, 0.6) is 5.75 Å². The third-order valence-corrected chi connectivity index (χ3v) is 4.58. The quantitative estimate of drug-likeness (QED) is 0.702. The fraction of sp³-hybridized carbons (Fsp3) is 0.200. The standard InChI is InChI=1S/C20H17ClN2O2/c1-2-25-16-6-3-13(4-7-16)11-14-9-10-23-19(14)22-18-12-15(21)5-8-17(18)20(23)24/h3-8,11-12H,2,9-10H2,1H3. The summed E-state index contributed by atoms with van der Waals surface area (Å²) >= 11 is 6.05. The molecule has 1 aliphatic rings. The largest absolute Gasteiger partial charge is 0.494 e. The fourth-order valence-electron chi connectivity index (χ4n) is 3.16. The molecular weight excluding hydrogens is 336 g/mol. The first-order valence-corrected chi connectivity index (χ1v) is 8.67. The number of hydrogen-bond donors (Lipinski definition) is 0. The minimum absolute atomic E-state index is 0.00763. The topological polar surface area (TPSA) is 44.1 Å². The Bertz CT molecular complexity index is 1040. The summed E-state index contributed by atoms with van der Waals surface area (Å²) in [6, 6.07) is 13.1. The number of benzene rings is 2. The molecule has 1 aliphatic heterocycles. The van der Waals surface area contributed by atoms with Crippen molar-refractivity contribution in [3.05, 3.63) is 69.2 Å². The lowest BCUT2D eigenvalue weighted by molar-refractivity contribution is 0.340. The predicted molar refractivity (Wildman–Crippen MR) is 101 cm³/mol. The number of halogens is 1. The van der Waals surface area contributed by atoms with Crippen LogP contribution in [0.15, 0.2) is 47.3 Å². The predicted octanol–water partition coefficient (Wildman–Crippen LogP) is 4.39. The monoisotopic (exact) mass is 352 g/mol. The molecule has 4 nitrogen and oxygen atoms in total. The highest BCUT2D eigenvalue weighted by molar-refractivity contribution is 6.31. The Labute approximate surface area is 150 Å². The van der Waals surface area contributed by atoms with Crippen LogP contribution in [0.3, 0.4) is 0 Å². The summed E-state index contributed by atoms with van der Waals surface area (Å²) in [7, 11) is 0. The Morgan fingerprint density at radius 2 is 2.04 bits per heavy atom. The van der Waals surface area contributed by atoms with Crippen LogP contribution in [-0.4, -0.2) is 16.2 Å². The molecule has 0 unspecified atom stereocenters. The van der Waals surface area contributed by atoms with Crippen LogP contribution < -0.4 is 10.3 Å². The van der Waals surface area contributed by atoms with Gasteiger partial charge in [-0.05, 0) is 60.9 Å². The number of allylic oxidation sites excluding steroid dienone is 1. The van der Waals surface area contributed by atoms with Gasteiger partial charge in [-0.2, -0.15) is 0 Å². The van der Waals surface area contributed by atoms with E-state index in [4.69, 9.17) is 16.3 Å². The molecule has 0 aliphatic carbocycles. The Hall–Kier alpha value is -2.59. The third-order valence-electron chi connectivity index (χ3n) is 4.34. The highest BCUT2D eigenvalue weighted by Crippen LogP contribution is 2.28. The van der Waals surface area contributed by atoms with E-state index < -0.39 is 0 Å². The molecule has 0 atom stereocenters. The molecule has 1 aromatic heterocycles. The minimum atomic E-state index is -0.00763. The van der Waals surface area contributed by atoms with E-state index in [0.717, 1.165) is 29.1 Å². The van der Waals surface area contributed by atoms with Crippen LogP contribution in [-0.2, 0) is 6.54 Å². The summed E-state index contributed by atoms with van der Waals surface area (Å²) in [6.07, 6.45) is 2.87. The van der Waals surface area contributed by atoms with Crippen LogP contribution in [0.2, 0.25) is 5.02 Å². The van der Waals surface area contributed by atoms with Gasteiger partial charge >= 0.3 is 0 Å². The van der Waals surface area contributed by atoms with Crippen LogP contribution in [0.25, 0.3) is 22.6 Å². The van der Waals surface area contributed by atoms with E-state index in [9.17, 15) is 4.79 Å². The molecule has 3 aromatic rings. The first kappa shape index (κ1) is 15.9. The molecule has 0 bridgehead atoms. The van der Waals surface area contributed by atoms with Crippen molar-refractivity contribution >= 4 is 34.2 Å². The second-order valence-corrected chi connectivity index (χ2v) is 6.41. The van der Waals surface area contributed by atoms with Gasteiger partial charge in [0.15, 0.2) is 0 Å². The van der Waals surface area contributed by atoms with Crippen LogP contribution in [0.4, 0.5) is 0 Å². The van der Waals surface area contributed by atoms with Crippen LogP contribution >= 0.6 is 11.6 Å². The summed E-state index contributed by atoms with van der Waals surface area (Å²) in [4.78, 5) is 17.4. The van der Waals surface area contributed by atoms with E-state index in [-0.39, 0.29) is 5.56 Å². The lowest BCUT2D eigenvalue weighted by Gasteiger charge is -2.06. The van der Waals surface area contributed by atoms with Gasteiger partial charge in [0.2, 0.25) is 0 Å². The summed E-state index contributed by atoms with van der Waals surface area (Å²) < 4.78 is 7.22. The molecule has 2 aromatic carbocycles. The van der Waals surface area contributed by atoms with Crippen molar-refractivity contribution in [3.63, 3.8) is 0 Å². The molecule has 0 N–H and O–H groups in total. The molecule has 2 heterocycles. The van der Waals surface area contributed by atoms with Gasteiger partial charge in [0, 0.05) is 11.6 Å². The maximum absolute atomic E-state index is 12.7. The van der Waals surface area contributed by atoms with E-state index in [2.05, 4.69) is 11.1 Å². The van der Waals surface area contributed by atoms with E-state index in [0.29, 0.717) is 29.1 Å². The van der Waals surface area contributed by atoms with Gasteiger partial charge in [-0.25, -0.2) is 4.98 Å². The molecule has 0 saturated heterocycles. The lowest BCUT2D eigenvalue weighted by Crippen LogP contribution is -2.20. The number of nitrogens with zero attached hydrogens (tertiary/aromatic N) is 2. The summed E-state index contributed by atoms with van der Waals surface area (Å²) in [5.74, 6) is 1.58. The first-order valence-electron chi connectivity index (χ1n) is 8.29. The van der Waals surface area contributed by atoms with Gasteiger partial charge in [0.05, 0.1) is 17.5 Å².